The molecule has 0 aliphatic heterocycles. The standard InChI is InChI=1S/C7H10ClNO/c8-7(10)4-2-1-3-6(7)5-9/h6,10H,1-4H2. The highest BCUT2D eigenvalue weighted by Crippen LogP contribution is 2.36. The van der Waals surface area contributed by atoms with Gasteiger partial charge in [0.05, 0.1) is 12.0 Å². The van der Waals surface area contributed by atoms with Crippen molar-refractivity contribution in [2.45, 2.75) is 30.7 Å². The van der Waals surface area contributed by atoms with Gasteiger partial charge in [-0.15, -0.1) is 0 Å². The third-order valence-electron chi connectivity index (χ3n) is 1.96. The lowest BCUT2D eigenvalue weighted by Gasteiger charge is -2.29. The Bertz CT molecular complexity index is 161. The second-order valence-electron chi connectivity index (χ2n) is 2.75. The van der Waals surface area contributed by atoms with Gasteiger partial charge in [0.15, 0.2) is 5.06 Å². The summed E-state index contributed by atoms with van der Waals surface area (Å²) in [5.74, 6) is -0.372. The van der Waals surface area contributed by atoms with Crippen LogP contribution < -0.4 is 0 Å². The Labute approximate surface area is 65.4 Å². The van der Waals surface area contributed by atoms with Gasteiger partial charge in [-0.05, 0) is 19.3 Å². The van der Waals surface area contributed by atoms with Gasteiger partial charge in [-0.1, -0.05) is 18.0 Å². The first-order valence-corrected chi connectivity index (χ1v) is 3.85. The average Bonchev–Trinajstić information content (AvgIpc) is 1.87. The molecule has 3 heteroatoms. The fourth-order valence-electron chi connectivity index (χ4n) is 1.28. The molecule has 2 unspecified atom stereocenters. The predicted octanol–water partition coefficient (Wildman–Crippen LogP) is 1.63. The Morgan fingerprint density at radius 3 is 2.70 bits per heavy atom. The molecule has 0 aromatic rings. The smallest absolute Gasteiger partial charge is 0.154 e. The van der Waals surface area contributed by atoms with Crippen LogP contribution in [0, 0.1) is 17.2 Å². The van der Waals surface area contributed by atoms with Gasteiger partial charge in [0.1, 0.15) is 0 Å². The van der Waals surface area contributed by atoms with E-state index in [1.165, 1.54) is 0 Å². The fourth-order valence-corrected chi connectivity index (χ4v) is 1.57. The maximum absolute atomic E-state index is 9.38. The molecule has 1 aliphatic rings. The van der Waals surface area contributed by atoms with Gasteiger partial charge < -0.3 is 5.11 Å². The summed E-state index contributed by atoms with van der Waals surface area (Å²) < 4.78 is 0. The van der Waals surface area contributed by atoms with Gasteiger partial charge in [-0.3, -0.25) is 0 Å². The molecule has 0 saturated heterocycles. The summed E-state index contributed by atoms with van der Waals surface area (Å²) in [5.41, 5.74) is 0. The Kier molecular flexibility index (Phi) is 2.18. The molecule has 1 fully saturated rings. The van der Waals surface area contributed by atoms with Crippen molar-refractivity contribution < 1.29 is 5.11 Å². The molecular weight excluding hydrogens is 150 g/mol. The van der Waals surface area contributed by atoms with Gasteiger partial charge >= 0.3 is 0 Å². The summed E-state index contributed by atoms with van der Waals surface area (Å²) in [6, 6.07) is 2.01. The molecule has 0 radical (unpaired) electrons. The van der Waals surface area contributed by atoms with Crippen LogP contribution in [0.2, 0.25) is 0 Å². The summed E-state index contributed by atoms with van der Waals surface area (Å²) >= 11 is 5.67. The molecule has 2 nitrogen and oxygen atoms in total. The summed E-state index contributed by atoms with van der Waals surface area (Å²) in [6.45, 7) is 0. The van der Waals surface area contributed by atoms with Crippen molar-refractivity contribution in [3.05, 3.63) is 0 Å². The Balaban J connectivity index is 2.62. The summed E-state index contributed by atoms with van der Waals surface area (Å²) in [6.07, 6.45) is 3.22. The lowest BCUT2D eigenvalue weighted by atomic mass is 9.87. The number of halogens is 1. The minimum absolute atomic E-state index is 0.372. The van der Waals surface area contributed by atoms with Gasteiger partial charge in [0, 0.05) is 0 Å². The van der Waals surface area contributed by atoms with E-state index in [1.54, 1.807) is 0 Å². The first-order chi connectivity index (χ1) is 4.67. The first kappa shape index (κ1) is 7.84. The second kappa shape index (κ2) is 2.77. The van der Waals surface area contributed by atoms with E-state index in [9.17, 15) is 5.11 Å². The van der Waals surface area contributed by atoms with Crippen molar-refractivity contribution in [2.24, 2.45) is 5.92 Å². The normalized spacial score (nSPS) is 40.7. The minimum atomic E-state index is -1.24. The molecule has 2 atom stereocenters. The van der Waals surface area contributed by atoms with Crippen LogP contribution in [0.25, 0.3) is 0 Å². The third-order valence-corrected chi connectivity index (χ3v) is 2.41. The van der Waals surface area contributed by atoms with Crippen LogP contribution in [0.15, 0.2) is 0 Å². The topological polar surface area (TPSA) is 44.0 Å². The van der Waals surface area contributed by atoms with E-state index in [0.29, 0.717) is 6.42 Å². The molecule has 56 valence electrons. The molecule has 10 heavy (non-hydrogen) atoms. The first-order valence-electron chi connectivity index (χ1n) is 3.48. The van der Waals surface area contributed by atoms with E-state index in [0.717, 1.165) is 19.3 Å². The van der Waals surface area contributed by atoms with E-state index < -0.39 is 5.06 Å². The molecule has 0 aromatic carbocycles. The SMILES string of the molecule is N#CC1CCCCC1(O)Cl. The molecule has 1 saturated carbocycles. The largest absolute Gasteiger partial charge is 0.374 e. The zero-order valence-electron chi connectivity index (χ0n) is 5.68. The Hall–Kier alpha value is -0.260. The van der Waals surface area contributed by atoms with E-state index in [2.05, 4.69) is 0 Å². The van der Waals surface area contributed by atoms with Gasteiger partial charge in [-0.25, -0.2) is 0 Å². The van der Waals surface area contributed by atoms with Crippen LogP contribution in [0.1, 0.15) is 25.7 Å². The van der Waals surface area contributed by atoms with E-state index in [1.807, 2.05) is 6.07 Å². The van der Waals surface area contributed by atoms with Crippen molar-refractivity contribution >= 4 is 11.6 Å². The van der Waals surface area contributed by atoms with Crippen molar-refractivity contribution in [2.75, 3.05) is 0 Å². The van der Waals surface area contributed by atoms with Crippen molar-refractivity contribution in [3.8, 4) is 6.07 Å². The van der Waals surface area contributed by atoms with E-state index in [4.69, 9.17) is 16.9 Å². The maximum atomic E-state index is 9.38. The Morgan fingerprint density at radius 1 is 1.60 bits per heavy atom. The van der Waals surface area contributed by atoms with Crippen LogP contribution >= 0.6 is 11.6 Å². The van der Waals surface area contributed by atoms with Gasteiger partial charge in [0.2, 0.25) is 0 Å². The number of nitrogens with zero attached hydrogens (tertiary/aromatic N) is 1. The maximum Gasteiger partial charge on any atom is 0.154 e. The molecule has 0 heterocycles. The quantitative estimate of drug-likeness (QED) is 0.546. The Morgan fingerprint density at radius 2 is 2.30 bits per heavy atom. The molecule has 0 spiro atoms. The fraction of sp³-hybridized carbons (Fsp3) is 0.857. The molecule has 0 aromatic heterocycles. The summed E-state index contributed by atoms with van der Waals surface area (Å²) in [7, 11) is 0. The predicted molar refractivity (Wildman–Crippen MR) is 38.4 cm³/mol. The molecule has 0 amide bonds. The molecular formula is C7H10ClNO. The number of nitriles is 1. The van der Waals surface area contributed by atoms with Crippen molar-refractivity contribution in [1.29, 1.82) is 5.26 Å². The second-order valence-corrected chi connectivity index (χ2v) is 3.40. The third kappa shape index (κ3) is 1.42. The highest BCUT2D eigenvalue weighted by molar-refractivity contribution is 6.23. The van der Waals surface area contributed by atoms with Gasteiger partial charge in [-0.2, -0.15) is 5.26 Å². The number of rotatable bonds is 0. The zero-order chi connectivity index (χ0) is 7.61. The lowest BCUT2D eigenvalue weighted by molar-refractivity contribution is 0.0530. The van der Waals surface area contributed by atoms with Crippen molar-refractivity contribution in [1.82, 2.24) is 0 Å². The number of alkyl halides is 1. The average molecular weight is 160 g/mol. The van der Waals surface area contributed by atoms with Crippen LogP contribution in [0.3, 0.4) is 0 Å². The van der Waals surface area contributed by atoms with Crippen LogP contribution in [0.4, 0.5) is 0 Å². The summed E-state index contributed by atoms with van der Waals surface area (Å²) in [4.78, 5) is 0. The van der Waals surface area contributed by atoms with E-state index in [-0.39, 0.29) is 5.92 Å². The number of aliphatic hydroxyl groups is 1. The lowest BCUT2D eigenvalue weighted by Crippen LogP contribution is -2.33. The number of hydrogen-bond donors (Lipinski definition) is 1. The highest BCUT2D eigenvalue weighted by atomic mass is 35.5. The molecule has 1 N–H and O–H groups in total. The monoisotopic (exact) mass is 159 g/mol. The zero-order valence-corrected chi connectivity index (χ0v) is 6.43. The number of hydrogen-bond acceptors (Lipinski definition) is 2. The van der Waals surface area contributed by atoms with E-state index >= 15 is 0 Å². The van der Waals surface area contributed by atoms with Crippen LogP contribution in [-0.2, 0) is 0 Å². The van der Waals surface area contributed by atoms with Crippen LogP contribution in [-0.4, -0.2) is 10.2 Å². The van der Waals surface area contributed by atoms with Crippen LogP contribution in [0.5, 0.6) is 0 Å². The molecule has 1 aliphatic carbocycles. The summed E-state index contributed by atoms with van der Waals surface area (Å²) in [5, 5.41) is 16.7. The minimum Gasteiger partial charge on any atom is -0.374 e. The van der Waals surface area contributed by atoms with Crippen molar-refractivity contribution in [3.63, 3.8) is 0 Å². The highest BCUT2D eigenvalue weighted by Gasteiger charge is 2.36. The molecule has 0 bridgehead atoms. The molecule has 1 rings (SSSR count). The van der Waals surface area contributed by atoms with Gasteiger partial charge in [0.25, 0.3) is 0 Å².